The van der Waals surface area contributed by atoms with Gasteiger partial charge in [0.1, 0.15) is 10.8 Å². The number of carboxylic acid groups (broad SMARTS) is 1. The fourth-order valence-corrected chi connectivity index (χ4v) is 4.83. The Morgan fingerprint density at radius 3 is 2.53 bits per heavy atom. The molecule has 0 fully saturated rings. The molecule has 0 amide bonds. The maximum Gasteiger partial charge on any atom is 0.335 e. The average Bonchev–Trinajstić information content (AvgIpc) is 3.24. The van der Waals surface area contributed by atoms with E-state index in [2.05, 4.69) is 9.71 Å². The molecule has 0 aliphatic rings. The van der Waals surface area contributed by atoms with Gasteiger partial charge in [0.15, 0.2) is 5.03 Å². The van der Waals surface area contributed by atoms with Crippen molar-refractivity contribution in [2.45, 2.75) is 11.4 Å². The number of rotatable bonds is 9. The van der Waals surface area contributed by atoms with Crippen LogP contribution in [0.1, 0.15) is 15.9 Å². The number of methoxy groups -OCH3 is 2. The van der Waals surface area contributed by atoms with Crippen molar-refractivity contribution in [3.63, 3.8) is 0 Å². The van der Waals surface area contributed by atoms with Gasteiger partial charge < -0.3 is 14.6 Å². The molecule has 1 heterocycles. The molecule has 0 atom stereocenters. The quantitative estimate of drug-likeness (QED) is 0.515. The molecule has 0 unspecified atom stereocenters. The zero-order chi connectivity index (χ0) is 21.7. The van der Waals surface area contributed by atoms with Crippen LogP contribution in [0.2, 0.25) is 0 Å². The molecule has 0 aliphatic heterocycles. The van der Waals surface area contributed by atoms with Gasteiger partial charge in [0, 0.05) is 18.1 Å². The molecule has 0 saturated carbocycles. The summed E-state index contributed by atoms with van der Waals surface area (Å²) in [4.78, 5) is 15.3. The Hall–Kier alpha value is -2.95. The van der Waals surface area contributed by atoms with E-state index in [4.69, 9.17) is 14.6 Å². The van der Waals surface area contributed by atoms with Gasteiger partial charge in [-0.25, -0.2) is 9.78 Å². The number of ether oxygens (including phenoxy) is 2. The molecule has 1 aromatic heterocycles. The first kappa shape index (κ1) is 21.8. The monoisotopic (exact) mass is 448 g/mol. The lowest BCUT2D eigenvalue weighted by atomic mass is 10.1. The number of nitrogens with zero attached hydrogens (tertiary/aromatic N) is 1. The lowest BCUT2D eigenvalue weighted by Gasteiger charge is -2.11. The average molecular weight is 449 g/mol. The summed E-state index contributed by atoms with van der Waals surface area (Å²) in [5.41, 5.74) is 2.04. The second-order valence-electron chi connectivity index (χ2n) is 6.26. The van der Waals surface area contributed by atoms with Crippen molar-refractivity contribution in [1.29, 1.82) is 0 Å². The predicted octanol–water partition coefficient (Wildman–Crippen LogP) is 3.51. The summed E-state index contributed by atoms with van der Waals surface area (Å²) in [6.45, 7) is 0.627. The third-order valence-electron chi connectivity index (χ3n) is 4.25. The van der Waals surface area contributed by atoms with Crippen LogP contribution in [0, 0.1) is 0 Å². The molecule has 30 heavy (non-hydrogen) atoms. The van der Waals surface area contributed by atoms with E-state index in [9.17, 15) is 13.2 Å². The third-order valence-corrected chi connectivity index (χ3v) is 6.54. The number of thiazole rings is 1. The number of carbonyl (C=O) groups is 1. The maximum atomic E-state index is 12.8. The van der Waals surface area contributed by atoms with Crippen LogP contribution in [0.3, 0.4) is 0 Å². The van der Waals surface area contributed by atoms with E-state index in [0.29, 0.717) is 11.6 Å². The molecule has 8 nitrogen and oxygen atoms in total. The lowest BCUT2D eigenvalue weighted by Crippen LogP contribution is -2.14. The molecule has 0 spiro atoms. The summed E-state index contributed by atoms with van der Waals surface area (Å²) in [6, 6.07) is 11.6. The molecule has 0 radical (unpaired) electrons. The second-order valence-corrected chi connectivity index (χ2v) is 8.74. The Balaban J connectivity index is 1.81. The van der Waals surface area contributed by atoms with E-state index in [-0.39, 0.29) is 22.0 Å². The fourth-order valence-electron chi connectivity index (χ4n) is 2.65. The van der Waals surface area contributed by atoms with Gasteiger partial charge in [0.2, 0.25) is 0 Å². The minimum Gasteiger partial charge on any atom is -0.495 e. The highest BCUT2D eigenvalue weighted by Crippen LogP contribution is 2.30. The number of nitrogens with one attached hydrogen (secondary N) is 1. The first-order chi connectivity index (χ1) is 14.3. The van der Waals surface area contributed by atoms with Gasteiger partial charge in [0.25, 0.3) is 10.0 Å². The summed E-state index contributed by atoms with van der Waals surface area (Å²) in [5, 5.41) is 11.0. The largest absolute Gasteiger partial charge is 0.495 e. The summed E-state index contributed by atoms with van der Waals surface area (Å²) >= 11 is 1.22. The van der Waals surface area contributed by atoms with Crippen LogP contribution in [0.25, 0.3) is 10.6 Å². The first-order valence-corrected chi connectivity index (χ1v) is 11.2. The molecule has 158 valence electrons. The van der Waals surface area contributed by atoms with Crippen molar-refractivity contribution in [3.05, 3.63) is 59.0 Å². The van der Waals surface area contributed by atoms with Gasteiger partial charge in [-0.2, -0.15) is 8.42 Å². The minimum absolute atomic E-state index is 0.0142. The topological polar surface area (TPSA) is 115 Å². The highest BCUT2D eigenvalue weighted by Gasteiger charge is 2.21. The fraction of sp³-hybridized carbons (Fsp3) is 0.200. The van der Waals surface area contributed by atoms with Gasteiger partial charge >= 0.3 is 5.97 Å². The Kier molecular flexibility index (Phi) is 6.70. The van der Waals surface area contributed by atoms with Crippen molar-refractivity contribution in [2.75, 3.05) is 25.5 Å². The molecule has 10 heteroatoms. The van der Waals surface area contributed by atoms with Crippen LogP contribution in [0.5, 0.6) is 5.75 Å². The molecule has 3 aromatic rings. The van der Waals surface area contributed by atoms with Gasteiger partial charge in [-0.15, -0.1) is 11.3 Å². The molecule has 0 aliphatic carbocycles. The molecular formula is C20H20N2O6S2. The number of aromatic nitrogens is 1. The van der Waals surface area contributed by atoms with Crippen LogP contribution in [0.15, 0.2) is 52.9 Å². The molecule has 2 N–H and O–H groups in total. The van der Waals surface area contributed by atoms with Crippen LogP contribution >= 0.6 is 11.3 Å². The Morgan fingerprint density at radius 1 is 1.17 bits per heavy atom. The summed E-state index contributed by atoms with van der Waals surface area (Å²) < 4.78 is 38.1. The SMILES string of the molecule is COCCc1ccc(-c2nc(S(=O)(=O)Nc3ccc(C(=O)O)cc3OC)cs2)cc1. The van der Waals surface area contributed by atoms with Gasteiger partial charge in [0.05, 0.1) is 25.0 Å². The van der Waals surface area contributed by atoms with Crippen LogP contribution in [-0.2, 0) is 21.2 Å². The number of sulfonamides is 1. The third kappa shape index (κ3) is 4.96. The highest BCUT2D eigenvalue weighted by molar-refractivity contribution is 7.92. The number of carboxylic acids is 1. The zero-order valence-corrected chi connectivity index (χ0v) is 17.9. The summed E-state index contributed by atoms with van der Waals surface area (Å²) in [5.74, 6) is -1.04. The predicted molar refractivity (Wildman–Crippen MR) is 114 cm³/mol. The van der Waals surface area contributed by atoms with E-state index in [1.165, 1.54) is 42.0 Å². The number of benzene rings is 2. The molecule has 0 saturated heterocycles. The van der Waals surface area contributed by atoms with E-state index in [0.717, 1.165) is 17.5 Å². The maximum absolute atomic E-state index is 12.8. The highest BCUT2D eigenvalue weighted by atomic mass is 32.2. The Morgan fingerprint density at radius 2 is 1.90 bits per heavy atom. The lowest BCUT2D eigenvalue weighted by molar-refractivity contribution is 0.0696. The standard InChI is InChI=1S/C20H20N2O6S2/c1-27-10-9-13-3-5-14(6-4-13)19-21-18(12-29-19)30(25,26)22-16-8-7-15(20(23)24)11-17(16)28-2/h3-8,11-12,22H,9-10H2,1-2H3,(H,23,24). The second kappa shape index (κ2) is 9.24. The number of aromatic carboxylic acids is 1. The van der Waals surface area contributed by atoms with Gasteiger partial charge in [-0.05, 0) is 30.2 Å². The van der Waals surface area contributed by atoms with Crippen molar-refractivity contribution >= 4 is 33.0 Å². The van der Waals surface area contributed by atoms with Gasteiger partial charge in [-0.1, -0.05) is 24.3 Å². The number of hydrogen-bond donors (Lipinski definition) is 2. The normalized spacial score (nSPS) is 11.3. The first-order valence-electron chi connectivity index (χ1n) is 8.82. The molecular weight excluding hydrogens is 428 g/mol. The summed E-state index contributed by atoms with van der Waals surface area (Å²) in [7, 11) is -1.00. The Labute approximate surface area is 178 Å². The molecule has 0 bridgehead atoms. The van der Waals surface area contributed by atoms with Crippen molar-refractivity contribution in [1.82, 2.24) is 4.98 Å². The van der Waals surface area contributed by atoms with Crippen LogP contribution in [-0.4, -0.2) is 45.3 Å². The van der Waals surface area contributed by atoms with Crippen molar-refractivity contribution < 1.29 is 27.8 Å². The van der Waals surface area contributed by atoms with E-state index < -0.39 is 16.0 Å². The van der Waals surface area contributed by atoms with E-state index >= 15 is 0 Å². The van der Waals surface area contributed by atoms with E-state index in [1.807, 2.05) is 24.3 Å². The van der Waals surface area contributed by atoms with Crippen molar-refractivity contribution in [2.24, 2.45) is 0 Å². The van der Waals surface area contributed by atoms with E-state index in [1.54, 1.807) is 7.11 Å². The van der Waals surface area contributed by atoms with Gasteiger partial charge in [-0.3, -0.25) is 4.72 Å². The number of hydrogen-bond acceptors (Lipinski definition) is 7. The van der Waals surface area contributed by atoms with Crippen molar-refractivity contribution in [3.8, 4) is 16.3 Å². The number of anilines is 1. The smallest absolute Gasteiger partial charge is 0.335 e. The van der Waals surface area contributed by atoms with Crippen LogP contribution in [0.4, 0.5) is 5.69 Å². The molecule has 3 rings (SSSR count). The minimum atomic E-state index is -3.98. The molecule has 2 aromatic carbocycles. The Bertz CT molecular complexity index is 1140. The summed E-state index contributed by atoms with van der Waals surface area (Å²) in [6.07, 6.45) is 0.792. The van der Waals surface area contributed by atoms with Crippen LogP contribution < -0.4 is 9.46 Å². The zero-order valence-electron chi connectivity index (χ0n) is 16.3.